The van der Waals surface area contributed by atoms with Crippen molar-refractivity contribution >= 4 is 34.5 Å². The van der Waals surface area contributed by atoms with Gasteiger partial charge in [0.1, 0.15) is 10.0 Å². The van der Waals surface area contributed by atoms with Gasteiger partial charge in [0.15, 0.2) is 0 Å². The van der Waals surface area contributed by atoms with E-state index in [2.05, 4.69) is 25.7 Å². The second-order valence-electron chi connectivity index (χ2n) is 6.52. The first-order chi connectivity index (χ1) is 12.5. The minimum atomic E-state index is -0.117. The van der Waals surface area contributed by atoms with Crippen LogP contribution in [0.5, 0.6) is 0 Å². The fraction of sp³-hybridized carbons (Fsp3) is 0.444. The van der Waals surface area contributed by atoms with Crippen LogP contribution in [0.15, 0.2) is 24.3 Å². The molecule has 0 aliphatic carbocycles. The SMILES string of the molecule is CC(=O)Nc1ccc(NC(=O)CN2CCC(c3nnc(C)s3)CC2)cc1. The van der Waals surface area contributed by atoms with Gasteiger partial charge in [0.05, 0.1) is 6.54 Å². The fourth-order valence-corrected chi connectivity index (χ4v) is 3.93. The van der Waals surface area contributed by atoms with E-state index in [4.69, 9.17) is 0 Å². The molecule has 26 heavy (non-hydrogen) atoms. The maximum atomic E-state index is 12.3. The molecule has 1 aromatic heterocycles. The first kappa shape index (κ1) is 18.5. The Kier molecular flexibility index (Phi) is 5.95. The maximum absolute atomic E-state index is 12.3. The van der Waals surface area contributed by atoms with Crippen molar-refractivity contribution in [1.82, 2.24) is 15.1 Å². The Balaban J connectivity index is 1.45. The molecule has 0 bridgehead atoms. The molecule has 1 aromatic carbocycles. The number of aryl methyl sites for hydroxylation is 1. The van der Waals surface area contributed by atoms with Crippen LogP contribution in [-0.2, 0) is 9.59 Å². The number of benzene rings is 1. The van der Waals surface area contributed by atoms with Crippen molar-refractivity contribution in [1.29, 1.82) is 0 Å². The summed E-state index contributed by atoms with van der Waals surface area (Å²) in [5, 5.41) is 16.1. The average molecular weight is 373 g/mol. The van der Waals surface area contributed by atoms with Crippen LogP contribution in [0.25, 0.3) is 0 Å². The van der Waals surface area contributed by atoms with E-state index in [1.807, 2.05) is 6.92 Å². The lowest BCUT2D eigenvalue weighted by Gasteiger charge is -2.30. The van der Waals surface area contributed by atoms with Gasteiger partial charge in [-0.15, -0.1) is 21.5 Å². The van der Waals surface area contributed by atoms with Crippen LogP contribution in [0.1, 0.15) is 35.7 Å². The van der Waals surface area contributed by atoms with Gasteiger partial charge in [0, 0.05) is 24.2 Å². The molecule has 2 N–H and O–H groups in total. The van der Waals surface area contributed by atoms with E-state index in [-0.39, 0.29) is 11.8 Å². The Labute approximate surface area is 156 Å². The van der Waals surface area contributed by atoms with Crippen molar-refractivity contribution in [3.8, 4) is 0 Å². The van der Waals surface area contributed by atoms with E-state index >= 15 is 0 Å². The first-order valence-electron chi connectivity index (χ1n) is 8.69. The molecular weight excluding hydrogens is 350 g/mol. The number of amides is 2. The van der Waals surface area contributed by atoms with E-state index in [1.165, 1.54) is 6.92 Å². The molecule has 0 saturated carbocycles. The molecule has 138 valence electrons. The smallest absolute Gasteiger partial charge is 0.238 e. The van der Waals surface area contributed by atoms with Crippen molar-refractivity contribution in [2.24, 2.45) is 0 Å². The van der Waals surface area contributed by atoms with E-state index in [1.54, 1.807) is 35.6 Å². The summed E-state index contributed by atoms with van der Waals surface area (Å²) in [6.45, 7) is 5.60. The number of hydrogen-bond acceptors (Lipinski definition) is 6. The van der Waals surface area contributed by atoms with Crippen LogP contribution < -0.4 is 10.6 Å². The fourth-order valence-electron chi connectivity index (χ4n) is 3.06. The normalized spacial score (nSPS) is 15.6. The van der Waals surface area contributed by atoms with Gasteiger partial charge in [-0.3, -0.25) is 14.5 Å². The van der Waals surface area contributed by atoms with Gasteiger partial charge in [0.25, 0.3) is 0 Å². The highest BCUT2D eigenvalue weighted by Gasteiger charge is 2.24. The molecule has 1 saturated heterocycles. The summed E-state index contributed by atoms with van der Waals surface area (Å²) in [4.78, 5) is 25.4. The predicted molar refractivity (Wildman–Crippen MR) is 102 cm³/mol. The lowest BCUT2D eigenvalue weighted by Crippen LogP contribution is -2.38. The van der Waals surface area contributed by atoms with E-state index in [0.717, 1.165) is 41.6 Å². The van der Waals surface area contributed by atoms with Crippen LogP contribution in [0.3, 0.4) is 0 Å². The molecule has 0 spiro atoms. The third-order valence-corrected chi connectivity index (χ3v) is 5.34. The van der Waals surface area contributed by atoms with Crippen molar-refractivity contribution in [2.75, 3.05) is 30.3 Å². The predicted octanol–water partition coefficient (Wildman–Crippen LogP) is 2.62. The third kappa shape index (κ3) is 5.09. The summed E-state index contributed by atoms with van der Waals surface area (Å²) in [6.07, 6.45) is 2.01. The molecule has 2 amide bonds. The third-order valence-electron chi connectivity index (χ3n) is 4.33. The lowest BCUT2D eigenvalue weighted by molar-refractivity contribution is -0.117. The number of anilines is 2. The lowest BCUT2D eigenvalue weighted by atomic mass is 9.98. The number of carbonyl (C=O) groups excluding carboxylic acids is 2. The van der Waals surface area contributed by atoms with Crippen molar-refractivity contribution in [3.05, 3.63) is 34.3 Å². The molecule has 0 radical (unpaired) electrons. The van der Waals surface area contributed by atoms with Crippen LogP contribution in [0.2, 0.25) is 0 Å². The van der Waals surface area contributed by atoms with Gasteiger partial charge in [-0.2, -0.15) is 0 Å². The molecule has 3 rings (SSSR count). The van der Waals surface area contributed by atoms with Crippen LogP contribution in [-0.4, -0.2) is 46.5 Å². The topological polar surface area (TPSA) is 87.2 Å². The molecule has 0 unspecified atom stereocenters. The first-order valence-corrected chi connectivity index (χ1v) is 9.51. The zero-order valence-electron chi connectivity index (χ0n) is 15.0. The Bertz CT molecular complexity index is 766. The number of hydrogen-bond donors (Lipinski definition) is 2. The summed E-state index contributed by atoms with van der Waals surface area (Å²) in [7, 11) is 0. The largest absolute Gasteiger partial charge is 0.326 e. The second-order valence-corrected chi connectivity index (χ2v) is 7.73. The number of nitrogens with one attached hydrogen (secondary N) is 2. The van der Waals surface area contributed by atoms with Crippen LogP contribution in [0.4, 0.5) is 11.4 Å². The summed E-state index contributed by atoms with van der Waals surface area (Å²) >= 11 is 1.67. The zero-order valence-corrected chi connectivity index (χ0v) is 15.8. The summed E-state index contributed by atoms with van der Waals surface area (Å²) in [5.74, 6) is 0.318. The second kappa shape index (κ2) is 8.37. The number of likely N-dealkylation sites (tertiary alicyclic amines) is 1. The average Bonchev–Trinajstić information content (AvgIpc) is 3.03. The van der Waals surface area contributed by atoms with Gasteiger partial charge >= 0.3 is 0 Å². The van der Waals surface area contributed by atoms with Crippen LogP contribution in [0, 0.1) is 6.92 Å². The molecule has 1 fully saturated rings. The Morgan fingerprint density at radius 3 is 2.27 bits per heavy atom. The van der Waals surface area contributed by atoms with E-state index in [9.17, 15) is 9.59 Å². The molecule has 8 heteroatoms. The highest BCUT2D eigenvalue weighted by Crippen LogP contribution is 2.29. The summed E-state index contributed by atoms with van der Waals surface area (Å²) in [5.41, 5.74) is 1.44. The Morgan fingerprint density at radius 1 is 1.12 bits per heavy atom. The van der Waals surface area contributed by atoms with Crippen LogP contribution >= 0.6 is 11.3 Å². The highest BCUT2D eigenvalue weighted by atomic mass is 32.1. The molecule has 1 aliphatic rings. The minimum absolute atomic E-state index is 0.0255. The summed E-state index contributed by atoms with van der Waals surface area (Å²) < 4.78 is 0. The quantitative estimate of drug-likeness (QED) is 0.841. The Morgan fingerprint density at radius 2 is 1.73 bits per heavy atom. The van der Waals surface area contributed by atoms with Crippen molar-refractivity contribution in [2.45, 2.75) is 32.6 Å². The number of piperidine rings is 1. The number of aromatic nitrogens is 2. The van der Waals surface area contributed by atoms with Gasteiger partial charge in [-0.1, -0.05) is 0 Å². The zero-order chi connectivity index (χ0) is 18.5. The number of rotatable bonds is 5. The monoisotopic (exact) mass is 373 g/mol. The molecule has 2 aromatic rings. The molecule has 2 heterocycles. The van der Waals surface area contributed by atoms with Gasteiger partial charge in [-0.05, 0) is 57.1 Å². The molecule has 1 aliphatic heterocycles. The molecule has 7 nitrogen and oxygen atoms in total. The van der Waals surface area contributed by atoms with E-state index < -0.39 is 0 Å². The number of nitrogens with zero attached hydrogens (tertiary/aromatic N) is 3. The molecule has 0 atom stereocenters. The highest BCUT2D eigenvalue weighted by molar-refractivity contribution is 7.11. The van der Waals surface area contributed by atoms with Crippen molar-refractivity contribution < 1.29 is 9.59 Å². The standard InChI is InChI=1S/C18H23N5O2S/c1-12(24)19-15-3-5-16(6-4-15)20-17(25)11-23-9-7-14(8-10-23)18-22-21-13(2)26-18/h3-6,14H,7-11H2,1-2H3,(H,19,24)(H,20,25). The summed E-state index contributed by atoms with van der Waals surface area (Å²) in [6, 6.07) is 7.11. The van der Waals surface area contributed by atoms with Gasteiger partial charge < -0.3 is 10.6 Å². The maximum Gasteiger partial charge on any atom is 0.238 e. The molecular formula is C18H23N5O2S. The van der Waals surface area contributed by atoms with Gasteiger partial charge in [0.2, 0.25) is 11.8 Å². The minimum Gasteiger partial charge on any atom is -0.326 e. The van der Waals surface area contributed by atoms with Gasteiger partial charge in [-0.25, -0.2) is 0 Å². The van der Waals surface area contributed by atoms with Crippen molar-refractivity contribution in [3.63, 3.8) is 0 Å². The Hall–Kier alpha value is -2.32. The number of carbonyl (C=O) groups is 2. The van der Waals surface area contributed by atoms with E-state index in [0.29, 0.717) is 18.2 Å².